The molecule has 0 aromatic heterocycles. The fourth-order valence-electron chi connectivity index (χ4n) is 3.19. The predicted molar refractivity (Wildman–Crippen MR) is 122 cm³/mol. The molecule has 1 unspecified atom stereocenters. The molecule has 0 aliphatic rings. The van der Waals surface area contributed by atoms with Crippen LogP contribution in [0.2, 0.25) is 0 Å². The molecule has 0 radical (unpaired) electrons. The number of hydrogen-bond donors (Lipinski definition) is 1. The molecule has 0 aliphatic heterocycles. The Morgan fingerprint density at radius 1 is 0.793 bits per heavy atom. The van der Waals surface area contributed by atoms with Gasteiger partial charge in [-0.25, -0.2) is 0 Å². The molecule has 0 rings (SSSR count). The Hall–Kier alpha value is -0.870. The van der Waals surface area contributed by atoms with E-state index in [-0.39, 0.29) is 12.6 Å². The van der Waals surface area contributed by atoms with Crippen molar-refractivity contribution in [3.8, 4) is 0 Å². The maximum Gasteiger partial charge on any atom is 0.306 e. The van der Waals surface area contributed by atoms with Crippen molar-refractivity contribution < 1.29 is 19.4 Å². The van der Waals surface area contributed by atoms with Crippen molar-refractivity contribution in [3.05, 3.63) is 12.2 Å². The normalized spacial score (nSPS) is 12.5. The molecule has 0 saturated carbocycles. The van der Waals surface area contributed by atoms with Crippen LogP contribution >= 0.6 is 0 Å². The van der Waals surface area contributed by atoms with E-state index in [4.69, 9.17) is 9.47 Å². The van der Waals surface area contributed by atoms with Crippen LogP contribution < -0.4 is 0 Å². The summed E-state index contributed by atoms with van der Waals surface area (Å²) in [6, 6.07) is 0. The summed E-state index contributed by atoms with van der Waals surface area (Å²) in [5, 5.41) is 9.37. The predicted octanol–water partition coefficient (Wildman–Crippen LogP) is 6.74. The number of hydrogen-bond acceptors (Lipinski definition) is 4. The van der Waals surface area contributed by atoms with Crippen LogP contribution in [0.15, 0.2) is 12.2 Å². The third-order valence-electron chi connectivity index (χ3n) is 5.09. The van der Waals surface area contributed by atoms with Crippen molar-refractivity contribution in [2.45, 2.75) is 123 Å². The number of carbonyl (C=O) groups excluding carboxylic acids is 1. The number of aliphatic hydroxyl groups excluding tert-OH is 1. The van der Waals surface area contributed by atoms with Gasteiger partial charge in [-0.05, 0) is 32.1 Å². The van der Waals surface area contributed by atoms with Crippen LogP contribution in [0.4, 0.5) is 0 Å². The Bertz CT molecular complexity index is 368. The average molecular weight is 413 g/mol. The molecule has 0 aliphatic carbocycles. The van der Waals surface area contributed by atoms with Gasteiger partial charge >= 0.3 is 5.97 Å². The number of aliphatic hydroxyl groups is 1. The van der Waals surface area contributed by atoms with Crippen LogP contribution in [0.1, 0.15) is 117 Å². The highest BCUT2D eigenvalue weighted by molar-refractivity contribution is 5.69. The Kier molecular flexibility index (Phi) is 22.7. The lowest BCUT2D eigenvalue weighted by Gasteiger charge is -2.15. The lowest BCUT2D eigenvalue weighted by molar-refractivity contribution is -0.154. The van der Waals surface area contributed by atoms with Crippen LogP contribution in [0, 0.1) is 0 Å². The zero-order valence-corrected chi connectivity index (χ0v) is 19.3. The standard InChI is InChI=1S/C25H48O4/c1-3-5-7-9-11-12-13-14-15-16-18-20-25(27)29-24(22-26)23-28-21-19-17-10-8-6-4-2/h9,11,24,26H,3-8,10,12-23H2,1-2H3/b11-9-. The molecule has 29 heavy (non-hydrogen) atoms. The Morgan fingerprint density at radius 2 is 1.38 bits per heavy atom. The minimum atomic E-state index is -0.526. The first-order valence-electron chi connectivity index (χ1n) is 12.3. The lowest BCUT2D eigenvalue weighted by Crippen LogP contribution is -2.27. The second-order valence-electron chi connectivity index (χ2n) is 8.06. The largest absolute Gasteiger partial charge is 0.457 e. The van der Waals surface area contributed by atoms with Crippen LogP contribution in [0.25, 0.3) is 0 Å². The number of allylic oxidation sites excluding steroid dienone is 2. The molecular formula is C25H48O4. The van der Waals surface area contributed by atoms with E-state index in [0.29, 0.717) is 19.6 Å². The first-order valence-corrected chi connectivity index (χ1v) is 12.3. The molecule has 0 aromatic carbocycles. The van der Waals surface area contributed by atoms with Gasteiger partial charge in [-0.3, -0.25) is 4.79 Å². The van der Waals surface area contributed by atoms with E-state index < -0.39 is 6.10 Å². The first kappa shape index (κ1) is 28.1. The fourth-order valence-corrected chi connectivity index (χ4v) is 3.19. The van der Waals surface area contributed by atoms with E-state index in [9.17, 15) is 9.90 Å². The second kappa shape index (κ2) is 23.4. The quantitative estimate of drug-likeness (QED) is 0.121. The smallest absolute Gasteiger partial charge is 0.306 e. The highest BCUT2D eigenvalue weighted by atomic mass is 16.6. The van der Waals surface area contributed by atoms with Crippen molar-refractivity contribution in [1.29, 1.82) is 0 Å². The van der Waals surface area contributed by atoms with Gasteiger partial charge in [0.05, 0.1) is 13.2 Å². The van der Waals surface area contributed by atoms with Crippen molar-refractivity contribution in [1.82, 2.24) is 0 Å². The SMILES string of the molecule is CCCC/C=C\CCCCCCCC(=O)OC(CO)COCCCCCCCC. The van der Waals surface area contributed by atoms with Gasteiger partial charge in [0.1, 0.15) is 6.10 Å². The third kappa shape index (κ3) is 21.7. The van der Waals surface area contributed by atoms with Crippen molar-refractivity contribution in [2.75, 3.05) is 19.8 Å². The molecule has 172 valence electrons. The Balaban J connectivity index is 3.50. The van der Waals surface area contributed by atoms with E-state index in [2.05, 4.69) is 26.0 Å². The van der Waals surface area contributed by atoms with Gasteiger partial charge in [0.15, 0.2) is 0 Å². The molecule has 0 heterocycles. The number of unbranched alkanes of at least 4 members (excludes halogenated alkanes) is 12. The second-order valence-corrected chi connectivity index (χ2v) is 8.06. The van der Waals surface area contributed by atoms with Crippen molar-refractivity contribution >= 4 is 5.97 Å². The minimum Gasteiger partial charge on any atom is -0.457 e. The first-order chi connectivity index (χ1) is 14.2. The van der Waals surface area contributed by atoms with E-state index in [1.54, 1.807) is 0 Å². The van der Waals surface area contributed by atoms with Gasteiger partial charge in [-0.1, -0.05) is 90.2 Å². The Labute approximate surface area is 180 Å². The third-order valence-corrected chi connectivity index (χ3v) is 5.09. The van der Waals surface area contributed by atoms with Crippen molar-refractivity contribution in [3.63, 3.8) is 0 Å². The summed E-state index contributed by atoms with van der Waals surface area (Å²) in [6.45, 7) is 5.23. The monoisotopic (exact) mass is 412 g/mol. The molecule has 0 spiro atoms. The molecule has 4 heteroatoms. The van der Waals surface area contributed by atoms with Gasteiger partial charge in [0.2, 0.25) is 0 Å². The van der Waals surface area contributed by atoms with Crippen molar-refractivity contribution in [2.24, 2.45) is 0 Å². The fraction of sp³-hybridized carbons (Fsp3) is 0.880. The van der Waals surface area contributed by atoms with E-state index in [1.165, 1.54) is 77.0 Å². The number of rotatable bonds is 22. The van der Waals surface area contributed by atoms with Crippen LogP contribution in [-0.2, 0) is 14.3 Å². The maximum absolute atomic E-state index is 11.9. The molecule has 4 nitrogen and oxygen atoms in total. The van der Waals surface area contributed by atoms with Crippen LogP contribution in [0.3, 0.4) is 0 Å². The highest BCUT2D eigenvalue weighted by Gasteiger charge is 2.13. The summed E-state index contributed by atoms with van der Waals surface area (Å²) in [6.07, 6.45) is 22.3. The summed E-state index contributed by atoms with van der Waals surface area (Å²) < 4.78 is 10.9. The molecular weight excluding hydrogens is 364 g/mol. The molecule has 1 N–H and O–H groups in total. The zero-order valence-electron chi connectivity index (χ0n) is 19.3. The van der Waals surface area contributed by atoms with Gasteiger partial charge in [-0.2, -0.15) is 0 Å². The van der Waals surface area contributed by atoms with E-state index >= 15 is 0 Å². The van der Waals surface area contributed by atoms with Gasteiger partial charge < -0.3 is 14.6 Å². The molecule has 0 aromatic rings. The molecule has 0 saturated heterocycles. The molecule has 0 amide bonds. The van der Waals surface area contributed by atoms with Gasteiger partial charge in [0.25, 0.3) is 0 Å². The number of esters is 1. The Morgan fingerprint density at radius 3 is 2.07 bits per heavy atom. The average Bonchev–Trinajstić information content (AvgIpc) is 2.73. The summed E-state index contributed by atoms with van der Waals surface area (Å²) in [5.41, 5.74) is 0. The lowest BCUT2D eigenvalue weighted by atomic mass is 10.1. The van der Waals surface area contributed by atoms with Gasteiger partial charge in [0, 0.05) is 13.0 Å². The molecule has 1 atom stereocenters. The minimum absolute atomic E-state index is 0.173. The van der Waals surface area contributed by atoms with Crippen LogP contribution in [-0.4, -0.2) is 37.0 Å². The van der Waals surface area contributed by atoms with E-state index in [0.717, 1.165) is 19.3 Å². The summed E-state index contributed by atoms with van der Waals surface area (Å²) in [7, 11) is 0. The van der Waals surface area contributed by atoms with Gasteiger partial charge in [-0.15, -0.1) is 0 Å². The summed E-state index contributed by atoms with van der Waals surface area (Å²) in [5.74, 6) is -0.217. The maximum atomic E-state index is 11.9. The zero-order chi connectivity index (χ0) is 21.4. The number of ether oxygens (including phenoxy) is 2. The molecule has 0 bridgehead atoms. The topological polar surface area (TPSA) is 55.8 Å². The highest BCUT2D eigenvalue weighted by Crippen LogP contribution is 2.10. The van der Waals surface area contributed by atoms with E-state index in [1.807, 2.05) is 0 Å². The number of carbonyl (C=O) groups is 1. The van der Waals surface area contributed by atoms with Crippen LogP contribution in [0.5, 0.6) is 0 Å². The molecule has 0 fully saturated rings. The summed E-state index contributed by atoms with van der Waals surface area (Å²) >= 11 is 0. The summed E-state index contributed by atoms with van der Waals surface area (Å²) in [4.78, 5) is 11.9.